The van der Waals surface area contributed by atoms with Crippen LogP contribution < -0.4 is 10.2 Å². The molecule has 0 radical (unpaired) electrons. The van der Waals surface area contributed by atoms with Crippen molar-refractivity contribution in [1.29, 1.82) is 0 Å². The topological polar surface area (TPSA) is 58.6 Å². The van der Waals surface area contributed by atoms with E-state index < -0.39 is 5.91 Å². The van der Waals surface area contributed by atoms with E-state index in [2.05, 4.69) is 6.58 Å². The molecule has 22 heavy (non-hydrogen) atoms. The van der Waals surface area contributed by atoms with E-state index >= 15 is 0 Å². The number of carbonyl (C=O) groups excluding carboxylic acids is 1. The van der Waals surface area contributed by atoms with Crippen LogP contribution >= 0.6 is 11.8 Å². The number of amides is 1. The fourth-order valence-electron chi connectivity index (χ4n) is 1.85. The minimum absolute atomic E-state index is 0.139. The van der Waals surface area contributed by atoms with Crippen molar-refractivity contribution in [2.24, 2.45) is 0 Å². The largest absolute Gasteiger partial charge is 0.490 e. The smallest absolute Gasteiger partial charge is 0.247 e. The molecule has 0 aliphatic heterocycles. The van der Waals surface area contributed by atoms with Gasteiger partial charge in [0.1, 0.15) is 12.4 Å². The van der Waals surface area contributed by atoms with Gasteiger partial charge in [0.05, 0.1) is 6.42 Å². The summed E-state index contributed by atoms with van der Waals surface area (Å²) in [5.74, 6) is 0.360. The van der Waals surface area contributed by atoms with Crippen molar-refractivity contribution < 1.29 is 14.7 Å². The van der Waals surface area contributed by atoms with Crippen LogP contribution in [0.3, 0.4) is 0 Å². The van der Waals surface area contributed by atoms with Gasteiger partial charge in [-0.1, -0.05) is 42.6 Å². The lowest BCUT2D eigenvalue weighted by Crippen LogP contribution is -2.20. The Morgan fingerprint density at radius 1 is 1.23 bits per heavy atom. The first-order chi connectivity index (χ1) is 10.7. The Morgan fingerprint density at radius 2 is 1.95 bits per heavy atom. The average Bonchev–Trinajstić information content (AvgIpc) is 2.56. The molecule has 0 aliphatic carbocycles. The van der Waals surface area contributed by atoms with Gasteiger partial charge in [0.2, 0.25) is 5.91 Å². The maximum absolute atomic E-state index is 11.3. The molecule has 0 bridgehead atoms. The maximum Gasteiger partial charge on any atom is 0.247 e. The van der Waals surface area contributed by atoms with Crippen LogP contribution in [-0.4, -0.2) is 17.7 Å². The van der Waals surface area contributed by atoms with Gasteiger partial charge in [0.15, 0.2) is 0 Å². The van der Waals surface area contributed by atoms with Gasteiger partial charge in [-0.3, -0.25) is 10.0 Å². The minimum Gasteiger partial charge on any atom is -0.490 e. The Kier molecular flexibility index (Phi) is 6.06. The van der Waals surface area contributed by atoms with E-state index in [1.165, 1.54) is 0 Å². The summed E-state index contributed by atoms with van der Waals surface area (Å²) in [6.45, 7) is 4.09. The second kappa shape index (κ2) is 8.26. The predicted octanol–water partition coefficient (Wildman–Crippen LogP) is 3.45. The number of benzene rings is 2. The minimum atomic E-state index is -0.429. The molecular weight excluding hydrogens is 298 g/mol. The summed E-state index contributed by atoms with van der Waals surface area (Å²) in [5.41, 5.74) is 2.53. The molecule has 2 aromatic carbocycles. The van der Waals surface area contributed by atoms with Crippen LogP contribution in [0.15, 0.2) is 71.0 Å². The molecule has 1 amide bonds. The maximum atomic E-state index is 11.3. The third kappa shape index (κ3) is 4.65. The molecule has 0 atom stereocenters. The lowest BCUT2D eigenvalue weighted by Gasteiger charge is -2.09. The van der Waals surface area contributed by atoms with Crippen molar-refractivity contribution in [3.8, 4) is 5.75 Å². The molecule has 0 saturated carbocycles. The first kappa shape index (κ1) is 16.1. The highest BCUT2D eigenvalue weighted by atomic mass is 32.2. The fourth-order valence-corrected chi connectivity index (χ4v) is 2.79. The van der Waals surface area contributed by atoms with Crippen molar-refractivity contribution in [1.82, 2.24) is 5.48 Å². The molecule has 114 valence electrons. The molecule has 0 fully saturated rings. The molecule has 4 nitrogen and oxygen atoms in total. The van der Waals surface area contributed by atoms with Crippen molar-refractivity contribution in [2.45, 2.75) is 16.2 Å². The predicted molar refractivity (Wildman–Crippen MR) is 86.3 cm³/mol. The van der Waals surface area contributed by atoms with E-state index in [4.69, 9.17) is 9.94 Å². The van der Waals surface area contributed by atoms with E-state index in [0.717, 1.165) is 21.1 Å². The van der Waals surface area contributed by atoms with Crippen molar-refractivity contribution in [3.05, 3.63) is 66.7 Å². The molecule has 0 unspecified atom stereocenters. The SMILES string of the molecule is C=CCOc1ccc(Sc2ccccc2CC(=O)NO)cc1. The second-order valence-electron chi connectivity index (χ2n) is 4.49. The number of hydrogen-bond donors (Lipinski definition) is 2. The van der Waals surface area contributed by atoms with Gasteiger partial charge in [0.25, 0.3) is 0 Å². The van der Waals surface area contributed by atoms with Crippen LogP contribution in [0.1, 0.15) is 5.56 Å². The van der Waals surface area contributed by atoms with Crippen molar-refractivity contribution in [2.75, 3.05) is 6.61 Å². The Bertz CT molecular complexity index is 641. The molecular formula is C17H17NO3S. The Balaban J connectivity index is 2.10. The van der Waals surface area contributed by atoms with Gasteiger partial charge in [-0.25, -0.2) is 5.48 Å². The van der Waals surface area contributed by atoms with Gasteiger partial charge < -0.3 is 4.74 Å². The Morgan fingerprint density at radius 3 is 2.64 bits per heavy atom. The van der Waals surface area contributed by atoms with E-state index in [1.54, 1.807) is 23.3 Å². The van der Waals surface area contributed by atoms with E-state index in [1.807, 2.05) is 48.5 Å². The van der Waals surface area contributed by atoms with Gasteiger partial charge in [-0.05, 0) is 35.9 Å². The van der Waals surface area contributed by atoms with Crippen molar-refractivity contribution in [3.63, 3.8) is 0 Å². The highest BCUT2D eigenvalue weighted by Gasteiger charge is 2.08. The molecule has 0 heterocycles. The summed E-state index contributed by atoms with van der Waals surface area (Å²) in [6.07, 6.45) is 1.84. The number of hydrogen-bond acceptors (Lipinski definition) is 4. The van der Waals surface area contributed by atoms with Gasteiger partial charge >= 0.3 is 0 Å². The molecule has 2 rings (SSSR count). The van der Waals surface area contributed by atoms with Gasteiger partial charge in [0, 0.05) is 9.79 Å². The summed E-state index contributed by atoms with van der Waals surface area (Å²) in [4.78, 5) is 13.4. The number of hydroxylamine groups is 1. The number of carbonyl (C=O) groups is 1. The van der Waals surface area contributed by atoms with E-state index in [9.17, 15) is 4.79 Å². The van der Waals surface area contributed by atoms with E-state index in [-0.39, 0.29) is 6.42 Å². The quantitative estimate of drug-likeness (QED) is 0.467. The summed E-state index contributed by atoms with van der Waals surface area (Å²) in [5, 5.41) is 8.65. The van der Waals surface area contributed by atoms with Crippen molar-refractivity contribution >= 4 is 17.7 Å². The lowest BCUT2D eigenvalue weighted by molar-refractivity contribution is -0.128. The monoisotopic (exact) mass is 315 g/mol. The summed E-state index contributed by atoms with van der Waals surface area (Å²) >= 11 is 1.56. The molecule has 2 aromatic rings. The molecule has 0 aromatic heterocycles. The average molecular weight is 315 g/mol. The zero-order valence-electron chi connectivity index (χ0n) is 12.0. The fraction of sp³-hybridized carbons (Fsp3) is 0.118. The van der Waals surface area contributed by atoms with Crippen LogP contribution in [0.2, 0.25) is 0 Å². The molecule has 5 heteroatoms. The number of nitrogens with one attached hydrogen (secondary N) is 1. The zero-order chi connectivity index (χ0) is 15.8. The number of ether oxygens (including phenoxy) is 1. The molecule has 0 saturated heterocycles. The molecule has 0 spiro atoms. The highest BCUT2D eigenvalue weighted by Crippen LogP contribution is 2.31. The lowest BCUT2D eigenvalue weighted by atomic mass is 10.1. The third-order valence-corrected chi connectivity index (χ3v) is 3.99. The van der Waals surface area contributed by atoms with Crippen LogP contribution in [0.4, 0.5) is 0 Å². The van der Waals surface area contributed by atoms with E-state index in [0.29, 0.717) is 6.61 Å². The zero-order valence-corrected chi connectivity index (χ0v) is 12.8. The van der Waals surface area contributed by atoms with Crippen LogP contribution in [0, 0.1) is 0 Å². The number of rotatable bonds is 7. The van der Waals surface area contributed by atoms with Crippen LogP contribution in [0.25, 0.3) is 0 Å². The standard InChI is InChI=1S/C17H17NO3S/c1-2-11-21-14-7-9-15(10-8-14)22-16-6-4-3-5-13(16)12-17(19)18-20/h2-10,20H,1,11-12H2,(H,18,19). The van der Waals surface area contributed by atoms with Crippen LogP contribution in [-0.2, 0) is 11.2 Å². The summed E-state index contributed by atoms with van der Waals surface area (Å²) in [7, 11) is 0. The highest BCUT2D eigenvalue weighted by molar-refractivity contribution is 7.99. The summed E-state index contributed by atoms with van der Waals surface area (Å²) < 4.78 is 5.44. The first-order valence-corrected chi connectivity index (χ1v) is 7.57. The Labute approximate surface area is 133 Å². The normalized spacial score (nSPS) is 10.0. The molecule has 2 N–H and O–H groups in total. The molecule has 0 aliphatic rings. The third-order valence-electron chi connectivity index (χ3n) is 2.87. The second-order valence-corrected chi connectivity index (χ2v) is 5.61. The first-order valence-electron chi connectivity index (χ1n) is 6.75. The van der Waals surface area contributed by atoms with Gasteiger partial charge in [-0.2, -0.15) is 0 Å². The van der Waals surface area contributed by atoms with Gasteiger partial charge in [-0.15, -0.1) is 0 Å². The van der Waals surface area contributed by atoms with Crippen LogP contribution in [0.5, 0.6) is 5.75 Å². The Hall–Kier alpha value is -2.24. The summed E-state index contributed by atoms with van der Waals surface area (Å²) in [6, 6.07) is 15.3.